The second kappa shape index (κ2) is 7.39. The van der Waals surface area contributed by atoms with E-state index in [1.54, 1.807) is 7.11 Å². The van der Waals surface area contributed by atoms with Gasteiger partial charge in [0, 0.05) is 66.6 Å². The first-order valence-electron chi connectivity index (χ1n) is 8.70. The number of hydrogen-bond acceptors (Lipinski definition) is 3. The summed E-state index contributed by atoms with van der Waals surface area (Å²) in [6.07, 6.45) is 2.04. The van der Waals surface area contributed by atoms with Crippen molar-refractivity contribution in [2.45, 2.75) is 6.54 Å². The lowest BCUT2D eigenvalue weighted by atomic mass is 10.1. The molecule has 0 radical (unpaired) electrons. The van der Waals surface area contributed by atoms with Crippen LogP contribution in [-0.2, 0) is 6.54 Å². The van der Waals surface area contributed by atoms with Crippen molar-refractivity contribution in [2.24, 2.45) is 0 Å². The summed E-state index contributed by atoms with van der Waals surface area (Å²) in [7, 11) is 1.70. The van der Waals surface area contributed by atoms with E-state index in [4.69, 9.17) is 27.9 Å². The molecular formula is C20H21Cl2N3O. The number of halogens is 2. The summed E-state index contributed by atoms with van der Waals surface area (Å²) in [6, 6.07) is 12.0. The van der Waals surface area contributed by atoms with Crippen LogP contribution in [-0.4, -0.2) is 43.2 Å². The molecule has 136 valence electrons. The zero-order valence-corrected chi connectivity index (χ0v) is 16.1. The van der Waals surface area contributed by atoms with Gasteiger partial charge < -0.3 is 14.6 Å². The minimum absolute atomic E-state index is 0.655. The number of ether oxygens (including phenoxy) is 1. The minimum Gasteiger partial charge on any atom is -0.497 e. The highest BCUT2D eigenvalue weighted by molar-refractivity contribution is 6.38. The first-order chi connectivity index (χ1) is 12.6. The first-order valence-corrected chi connectivity index (χ1v) is 9.46. The van der Waals surface area contributed by atoms with Gasteiger partial charge in [0.05, 0.1) is 12.1 Å². The molecule has 1 N–H and O–H groups in total. The quantitative estimate of drug-likeness (QED) is 0.694. The summed E-state index contributed by atoms with van der Waals surface area (Å²) < 4.78 is 5.33. The van der Waals surface area contributed by atoms with Gasteiger partial charge >= 0.3 is 0 Å². The molecule has 0 bridgehead atoms. The van der Waals surface area contributed by atoms with Gasteiger partial charge in [-0.15, -0.1) is 0 Å². The van der Waals surface area contributed by atoms with Gasteiger partial charge in [-0.2, -0.15) is 0 Å². The molecule has 0 amide bonds. The third-order valence-corrected chi connectivity index (χ3v) is 5.48. The normalized spacial score (nSPS) is 15.6. The predicted molar refractivity (Wildman–Crippen MR) is 109 cm³/mol. The minimum atomic E-state index is 0.655. The molecule has 2 aromatic carbocycles. The number of rotatable bonds is 4. The van der Waals surface area contributed by atoms with Gasteiger partial charge in [-0.3, -0.25) is 4.90 Å². The summed E-state index contributed by atoms with van der Waals surface area (Å²) in [5.74, 6) is 0.900. The van der Waals surface area contributed by atoms with Crippen LogP contribution in [0.1, 0.15) is 5.56 Å². The molecule has 0 unspecified atom stereocenters. The number of nitrogens with zero attached hydrogens (tertiary/aromatic N) is 2. The fraction of sp³-hybridized carbons (Fsp3) is 0.300. The van der Waals surface area contributed by atoms with Crippen LogP contribution in [0.4, 0.5) is 5.69 Å². The number of aromatic amines is 1. The molecule has 1 aliphatic heterocycles. The highest BCUT2D eigenvalue weighted by atomic mass is 35.5. The number of H-pyrrole nitrogens is 1. The smallest absolute Gasteiger partial charge is 0.120 e. The topological polar surface area (TPSA) is 31.5 Å². The molecule has 0 spiro atoms. The number of benzene rings is 2. The number of fused-ring (bicyclic) bond motifs is 1. The molecule has 0 saturated carbocycles. The van der Waals surface area contributed by atoms with Crippen LogP contribution in [0.5, 0.6) is 5.75 Å². The van der Waals surface area contributed by atoms with Crippen molar-refractivity contribution in [1.82, 2.24) is 9.88 Å². The summed E-state index contributed by atoms with van der Waals surface area (Å²) >= 11 is 12.5. The maximum atomic E-state index is 6.42. The zero-order valence-electron chi connectivity index (χ0n) is 14.6. The van der Waals surface area contributed by atoms with Crippen LogP contribution in [0.3, 0.4) is 0 Å². The number of hydrogen-bond donors (Lipinski definition) is 1. The van der Waals surface area contributed by atoms with E-state index in [1.807, 2.05) is 30.5 Å². The number of aromatic nitrogens is 1. The Kier molecular flexibility index (Phi) is 4.98. The second-order valence-electron chi connectivity index (χ2n) is 6.59. The van der Waals surface area contributed by atoms with Crippen molar-refractivity contribution < 1.29 is 4.74 Å². The van der Waals surface area contributed by atoms with Gasteiger partial charge in [-0.05, 0) is 29.8 Å². The SMILES string of the molecule is COc1cccc(N2CCN(Cc3c[nH]c4cc(Cl)cc(Cl)c34)CC2)c1. The largest absolute Gasteiger partial charge is 0.497 e. The van der Waals surface area contributed by atoms with E-state index < -0.39 is 0 Å². The van der Waals surface area contributed by atoms with E-state index >= 15 is 0 Å². The molecular weight excluding hydrogens is 369 g/mol. The number of piperazine rings is 1. The fourth-order valence-electron chi connectivity index (χ4n) is 3.59. The Morgan fingerprint density at radius 3 is 2.65 bits per heavy atom. The lowest BCUT2D eigenvalue weighted by molar-refractivity contribution is 0.250. The van der Waals surface area contributed by atoms with Gasteiger partial charge in [0.25, 0.3) is 0 Å². The van der Waals surface area contributed by atoms with Crippen molar-refractivity contribution in [3.63, 3.8) is 0 Å². The van der Waals surface area contributed by atoms with Gasteiger partial charge in [0.1, 0.15) is 5.75 Å². The molecule has 6 heteroatoms. The standard InChI is InChI=1S/C20H21Cl2N3O/c1-26-17-4-2-3-16(11-17)25-7-5-24(6-8-25)13-14-12-23-19-10-15(21)9-18(22)20(14)19/h2-4,9-12,23H,5-8,13H2,1H3. The predicted octanol–water partition coefficient (Wildman–Crippen LogP) is 4.81. The lowest BCUT2D eigenvalue weighted by Gasteiger charge is -2.36. The molecule has 1 fully saturated rings. The molecule has 1 aliphatic rings. The van der Waals surface area contributed by atoms with E-state index in [2.05, 4.69) is 26.9 Å². The van der Waals surface area contributed by atoms with Crippen molar-refractivity contribution in [3.8, 4) is 5.75 Å². The Balaban J connectivity index is 1.44. The Bertz CT molecular complexity index is 917. The molecule has 2 heterocycles. The van der Waals surface area contributed by atoms with Crippen LogP contribution in [0.25, 0.3) is 10.9 Å². The van der Waals surface area contributed by atoms with Crippen molar-refractivity contribution >= 4 is 39.8 Å². The Morgan fingerprint density at radius 2 is 1.88 bits per heavy atom. The number of anilines is 1. The van der Waals surface area contributed by atoms with Crippen molar-refractivity contribution in [2.75, 3.05) is 38.2 Å². The maximum absolute atomic E-state index is 6.42. The molecule has 26 heavy (non-hydrogen) atoms. The summed E-state index contributed by atoms with van der Waals surface area (Å²) in [4.78, 5) is 8.15. The first kappa shape index (κ1) is 17.5. The molecule has 1 saturated heterocycles. The number of nitrogens with one attached hydrogen (secondary N) is 1. The van der Waals surface area contributed by atoms with Gasteiger partial charge in [0.15, 0.2) is 0 Å². The maximum Gasteiger partial charge on any atom is 0.120 e. The third-order valence-electron chi connectivity index (χ3n) is 4.96. The van der Waals surface area contributed by atoms with E-state index in [0.717, 1.165) is 49.4 Å². The molecule has 1 aromatic heterocycles. The lowest BCUT2D eigenvalue weighted by Crippen LogP contribution is -2.45. The van der Waals surface area contributed by atoms with Crippen LogP contribution in [0.2, 0.25) is 10.0 Å². The Labute approximate surface area is 163 Å². The van der Waals surface area contributed by atoms with E-state index in [-0.39, 0.29) is 0 Å². The van der Waals surface area contributed by atoms with E-state index in [0.29, 0.717) is 10.0 Å². The fourth-order valence-corrected chi connectivity index (χ4v) is 4.20. The average molecular weight is 390 g/mol. The second-order valence-corrected chi connectivity index (χ2v) is 7.43. The highest BCUT2D eigenvalue weighted by Crippen LogP contribution is 2.31. The molecule has 4 nitrogen and oxygen atoms in total. The zero-order chi connectivity index (χ0) is 18.1. The van der Waals surface area contributed by atoms with Crippen LogP contribution in [0, 0.1) is 0 Å². The molecule has 3 aromatic rings. The van der Waals surface area contributed by atoms with Crippen LogP contribution >= 0.6 is 23.2 Å². The molecule has 0 aliphatic carbocycles. The van der Waals surface area contributed by atoms with Crippen molar-refractivity contribution in [3.05, 3.63) is 58.2 Å². The summed E-state index contributed by atoms with van der Waals surface area (Å²) in [6.45, 7) is 4.89. The highest BCUT2D eigenvalue weighted by Gasteiger charge is 2.19. The summed E-state index contributed by atoms with van der Waals surface area (Å²) in [5, 5.41) is 2.44. The monoisotopic (exact) mass is 389 g/mol. The van der Waals surface area contributed by atoms with Crippen LogP contribution < -0.4 is 9.64 Å². The Hall–Kier alpha value is -1.88. The van der Waals surface area contributed by atoms with E-state index in [1.165, 1.54) is 11.3 Å². The van der Waals surface area contributed by atoms with Gasteiger partial charge in [-0.1, -0.05) is 29.3 Å². The van der Waals surface area contributed by atoms with Crippen molar-refractivity contribution in [1.29, 1.82) is 0 Å². The van der Waals surface area contributed by atoms with Gasteiger partial charge in [0.2, 0.25) is 0 Å². The van der Waals surface area contributed by atoms with E-state index in [9.17, 15) is 0 Å². The van der Waals surface area contributed by atoms with Gasteiger partial charge in [-0.25, -0.2) is 0 Å². The summed E-state index contributed by atoms with van der Waals surface area (Å²) in [5.41, 5.74) is 3.43. The third kappa shape index (κ3) is 3.50. The van der Waals surface area contributed by atoms with Crippen LogP contribution in [0.15, 0.2) is 42.6 Å². The molecule has 0 atom stereocenters. The average Bonchev–Trinajstić information content (AvgIpc) is 3.05. The Morgan fingerprint density at radius 1 is 1.08 bits per heavy atom. The molecule has 4 rings (SSSR count). The number of methoxy groups -OCH3 is 1.